The van der Waals surface area contributed by atoms with Crippen molar-refractivity contribution in [3.05, 3.63) is 58.6 Å². The van der Waals surface area contributed by atoms with E-state index in [1.807, 2.05) is 36.4 Å². The maximum absolute atomic E-state index is 13.3. The zero-order valence-corrected chi connectivity index (χ0v) is 18.1. The molecule has 158 valence electrons. The second-order valence-corrected chi connectivity index (χ2v) is 9.10. The van der Waals surface area contributed by atoms with Gasteiger partial charge in [-0.1, -0.05) is 31.0 Å². The van der Waals surface area contributed by atoms with Crippen molar-refractivity contribution in [1.82, 2.24) is 15.3 Å². The van der Waals surface area contributed by atoms with Gasteiger partial charge in [-0.15, -0.1) is 11.8 Å². The van der Waals surface area contributed by atoms with Crippen molar-refractivity contribution in [2.45, 2.75) is 37.9 Å². The van der Waals surface area contributed by atoms with Crippen LogP contribution in [0.1, 0.15) is 43.0 Å². The van der Waals surface area contributed by atoms with E-state index < -0.39 is 0 Å². The smallest absolute Gasteiger partial charge is 0.336 e. The van der Waals surface area contributed by atoms with Crippen molar-refractivity contribution < 1.29 is 14.3 Å². The lowest BCUT2D eigenvalue weighted by molar-refractivity contribution is -0.139. The van der Waals surface area contributed by atoms with Crippen LogP contribution in [0.15, 0.2) is 53.1 Å². The molecule has 0 saturated heterocycles. The number of nitrogens with one attached hydrogen (secondary N) is 1. The monoisotopic (exact) mass is 433 g/mol. The van der Waals surface area contributed by atoms with Crippen LogP contribution in [-0.4, -0.2) is 33.7 Å². The molecule has 5 rings (SSSR count). The summed E-state index contributed by atoms with van der Waals surface area (Å²) in [4.78, 5) is 35.4. The molecule has 0 unspecified atom stereocenters. The van der Waals surface area contributed by atoms with Crippen LogP contribution in [0.2, 0.25) is 0 Å². The molecule has 0 bridgehead atoms. The van der Waals surface area contributed by atoms with Crippen molar-refractivity contribution in [2.24, 2.45) is 5.92 Å². The second kappa shape index (κ2) is 8.30. The number of amides is 1. The zero-order chi connectivity index (χ0) is 21.4. The van der Waals surface area contributed by atoms with E-state index in [1.165, 1.54) is 0 Å². The molecule has 1 amide bonds. The van der Waals surface area contributed by atoms with E-state index in [0.717, 1.165) is 36.7 Å². The van der Waals surface area contributed by atoms with E-state index >= 15 is 0 Å². The number of carbonyl (C=O) groups excluding carboxylic acids is 2. The molecule has 1 N–H and O–H groups in total. The highest BCUT2D eigenvalue weighted by Crippen LogP contribution is 2.48. The lowest BCUT2D eigenvalue weighted by Crippen LogP contribution is -2.26. The number of hydrogen-bond donors (Lipinski definition) is 1. The molecule has 1 saturated carbocycles. The predicted octanol–water partition coefficient (Wildman–Crippen LogP) is 4.59. The third-order valence-electron chi connectivity index (χ3n) is 5.92. The number of para-hydroxylation sites is 3. The molecule has 1 fully saturated rings. The number of benzene rings is 2. The first-order valence-electron chi connectivity index (χ1n) is 10.7. The van der Waals surface area contributed by atoms with Crippen LogP contribution in [0.25, 0.3) is 22.1 Å². The minimum Gasteiger partial charge on any atom is -0.463 e. The van der Waals surface area contributed by atoms with Crippen molar-refractivity contribution in [1.29, 1.82) is 0 Å². The molecule has 1 aliphatic heterocycles. The number of ether oxygens (including phenoxy) is 1. The summed E-state index contributed by atoms with van der Waals surface area (Å²) in [6, 6.07) is 13.0. The maximum Gasteiger partial charge on any atom is 0.336 e. The Morgan fingerprint density at radius 1 is 1.03 bits per heavy atom. The molecule has 2 heterocycles. The molecule has 0 radical (unpaired) electrons. The van der Waals surface area contributed by atoms with Gasteiger partial charge >= 0.3 is 5.97 Å². The minimum absolute atomic E-state index is 0.143. The van der Waals surface area contributed by atoms with Gasteiger partial charge in [-0.2, -0.15) is 0 Å². The van der Waals surface area contributed by atoms with Gasteiger partial charge in [0.05, 0.1) is 39.3 Å². The first-order valence-corrected chi connectivity index (χ1v) is 11.6. The maximum atomic E-state index is 13.3. The fraction of sp³-hybridized carbons (Fsp3) is 0.333. The van der Waals surface area contributed by atoms with Crippen molar-refractivity contribution in [3.63, 3.8) is 0 Å². The van der Waals surface area contributed by atoms with Crippen LogP contribution in [0.5, 0.6) is 0 Å². The quantitative estimate of drug-likeness (QED) is 0.479. The highest BCUT2D eigenvalue weighted by atomic mass is 32.2. The number of aromatic nitrogens is 2. The summed E-state index contributed by atoms with van der Waals surface area (Å²) in [5.74, 6) is -0.453. The molecule has 2 aromatic carbocycles. The number of nitrogens with zero attached hydrogens (tertiary/aromatic N) is 2. The third kappa shape index (κ3) is 3.67. The molecule has 2 aliphatic rings. The molecule has 31 heavy (non-hydrogen) atoms. The van der Waals surface area contributed by atoms with Crippen LogP contribution >= 0.6 is 11.8 Å². The Balaban J connectivity index is 1.52. The Hall–Kier alpha value is -2.93. The highest BCUT2D eigenvalue weighted by molar-refractivity contribution is 8.04. The zero-order valence-electron chi connectivity index (χ0n) is 17.3. The van der Waals surface area contributed by atoms with E-state index in [2.05, 4.69) is 10.3 Å². The number of fused-ring (bicyclic) bond motifs is 3. The normalized spacial score (nSPS) is 20.7. The molecular formula is C24H23N3O3S. The lowest BCUT2D eigenvalue weighted by Gasteiger charge is -2.25. The van der Waals surface area contributed by atoms with E-state index in [-0.39, 0.29) is 17.8 Å². The van der Waals surface area contributed by atoms with E-state index in [1.54, 1.807) is 24.8 Å². The Labute approximate surface area is 184 Å². The number of thioether (sulfide) groups is 1. The van der Waals surface area contributed by atoms with Gasteiger partial charge < -0.3 is 10.1 Å². The largest absolute Gasteiger partial charge is 0.463 e. The summed E-state index contributed by atoms with van der Waals surface area (Å²) >= 11 is 1.60. The summed E-state index contributed by atoms with van der Waals surface area (Å²) in [7, 11) is 0. The van der Waals surface area contributed by atoms with Gasteiger partial charge in [0.2, 0.25) is 0 Å². The number of hydrogen-bond acceptors (Lipinski definition) is 6. The average molecular weight is 434 g/mol. The van der Waals surface area contributed by atoms with Crippen LogP contribution in [-0.2, 0) is 9.53 Å². The van der Waals surface area contributed by atoms with Gasteiger partial charge in [-0.3, -0.25) is 4.79 Å². The molecule has 6 nitrogen and oxygen atoms in total. The van der Waals surface area contributed by atoms with Crippen molar-refractivity contribution >= 4 is 45.7 Å². The Morgan fingerprint density at radius 2 is 1.77 bits per heavy atom. The van der Waals surface area contributed by atoms with Crippen molar-refractivity contribution in [3.8, 4) is 0 Å². The van der Waals surface area contributed by atoms with Gasteiger partial charge in [-0.25, -0.2) is 14.8 Å². The molecule has 0 spiro atoms. The van der Waals surface area contributed by atoms with Crippen LogP contribution in [0.3, 0.4) is 0 Å². The van der Waals surface area contributed by atoms with Crippen LogP contribution < -0.4 is 5.32 Å². The fourth-order valence-electron chi connectivity index (χ4n) is 4.50. The molecule has 1 aromatic heterocycles. The molecule has 2 atom stereocenters. The van der Waals surface area contributed by atoms with E-state index in [0.29, 0.717) is 39.1 Å². The van der Waals surface area contributed by atoms with Crippen LogP contribution in [0.4, 0.5) is 0 Å². The predicted molar refractivity (Wildman–Crippen MR) is 122 cm³/mol. The first-order chi connectivity index (χ1) is 15.2. The van der Waals surface area contributed by atoms with Gasteiger partial charge in [0.15, 0.2) is 0 Å². The number of rotatable bonds is 4. The van der Waals surface area contributed by atoms with E-state index in [9.17, 15) is 9.59 Å². The lowest BCUT2D eigenvalue weighted by atomic mass is 9.84. The summed E-state index contributed by atoms with van der Waals surface area (Å²) in [5, 5.41) is 3.97. The second-order valence-electron chi connectivity index (χ2n) is 7.85. The van der Waals surface area contributed by atoms with Crippen LogP contribution in [0, 0.1) is 5.92 Å². The molecular weight excluding hydrogens is 410 g/mol. The Morgan fingerprint density at radius 3 is 2.58 bits per heavy atom. The standard InChI is InChI=1S/C24H23N3O3S/c1-2-30-24(29)20-14-8-3-6-13-19(14)31-23(20)27-22(28)15-9-7-12-18-21(15)26-17-11-5-4-10-16(17)25-18/h4-5,7,9-12,14,19H,2-3,6,8,13H2,1H3,(H,27,28)/t14-,19-/m1/s1. The third-order valence-corrected chi connectivity index (χ3v) is 7.35. The molecule has 1 aliphatic carbocycles. The van der Waals surface area contributed by atoms with Gasteiger partial charge in [0.25, 0.3) is 5.91 Å². The molecule has 7 heteroatoms. The van der Waals surface area contributed by atoms with Gasteiger partial charge in [0, 0.05) is 11.2 Å². The SMILES string of the molecule is CCOC(=O)C1=C(NC(=O)c2cccc3nc4ccccc4nc23)S[C@@H]2CCCC[C@@H]12. The van der Waals surface area contributed by atoms with Gasteiger partial charge in [-0.05, 0) is 44.0 Å². The van der Waals surface area contributed by atoms with Crippen molar-refractivity contribution in [2.75, 3.05) is 6.61 Å². The topological polar surface area (TPSA) is 81.2 Å². The Bertz CT molecular complexity index is 1220. The Kier molecular flexibility index (Phi) is 5.36. The summed E-state index contributed by atoms with van der Waals surface area (Å²) < 4.78 is 5.33. The van der Waals surface area contributed by atoms with Gasteiger partial charge in [0.1, 0.15) is 5.52 Å². The highest BCUT2D eigenvalue weighted by Gasteiger charge is 2.41. The number of esters is 1. The summed E-state index contributed by atoms with van der Waals surface area (Å²) in [6.45, 7) is 2.12. The molecule has 3 aromatic rings. The average Bonchev–Trinajstić information content (AvgIpc) is 3.15. The summed E-state index contributed by atoms with van der Waals surface area (Å²) in [6.07, 6.45) is 4.25. The minimum atomic E-state index is -0.316. The fourth-order valence-corrected chi connectivity index (χ4v) is 6.03. The summed E-state index contributed by atoms with van der Waals surface area (Å²) in [5.41, 5.74) is 3.82. The number of carbonyl (C=O) groups is 2. The first kappa shape index (κ1) is 20.0. The van der Waals surface area contributed by atoms with E-state index in [4.69, 9.17) is 9.72 Å².